The number of benzene rings is 1. The molecule has 0 bridgehead atoms. The van der Waals surface area contributed by atoms with Crippen LogP contribution in [0, 0.1) is 6.92 Å². The average molecular weight is 499 g/mol. The lowest BCUT2D eigenvalue weighted by molar-refractivity contribution is -0.138. The van der Waals surface area contributed by atoms with Gasteiger partial charge in [-0.1, -0.05) is 30.3 Å². The highest BCUT2D eigenvalue weighted by molar-refractivity contribution is 5.95. The molecule has 0 aliphatic carbocycles. The van der Waals surface area contributed by atoms with Gasteiger partial charge in [-0.05, 0) is 31.0 Å². The first-order valence-electron chi connectivity index (χ1n) is 10.8. The van der Waals surface area contributed by atoms with Gasteiger partial charge < -0.3 is 15.4 Å². The van der Waals surface area contributed by atoms with Gasteiger partial charge in [0.25, 0.3) is 0 Å². The van der Waals surface area contributed by atoms with Crippen LogP contribution in [0.3, 0.4) is 0 Å². The summed E-state index contributed by atoms with van der Waals surface area (Å²) >= 11 is 0. The van der Waals surface area contributed by atoms with Crippen LogP contribution in [0.5, 0.6) is 0 Å². The molecule has 3 rings (SSSR count). The van der Waals surface area contributed by atoms with Crippen molar-refractivity contribution >= 4 is 23.4 Å². The molecule has 0 radical (unpaired) electrons. The summed E-state index contributed by atoms with van der Waals surface area (Å²) in [5.41, 5.74) is 1.88. The summed E-state index contributed by atoms with van der Waals surface area (Å²) in [5.74, 6) is 0.341. The van der Waals surface area contributed by atoms with Crippen molar-refractivity contribution in [3.8, 4) is 11.1 Å². The maximum absolute atomic E-state index is 13.1. The number of aliphatic imine (C=N–C) groups is 1. The monoisotopic (exact) mass is 498 g/mol. The molecule has 0 fully saturated rings. The maximum atomic E-state index is 13.1. The van der Waals surface area contributed by atoms with Crippen molar-refractivity contribution in [2.75, 3.05) is 24.8 Å². The van der Waals surface area contributed by atoms with Crippen molar-refractivity contribution in [2.45, 2.75) is 26.4 Å². The summed E-state index contributed by atoms with van der Waals surface area (Å²) in [7, 11) is 3.14. The summed E-state index contributed by atoms with van der Waals surface area (Å²) < 4.78 is 44.4. The summed E-state index contributed by atoms with van der Waals surface area (Å²) in [6.45, 7) is 3.10. The Balaban J connectivity index is 1.64. The lowest BCUT2D eigenvalue weighted by Crippen LogP contribution is -2.16. The zero-order valence-electron chi connectivity index (χ0n) is 20.1. The predicted octanol–water partition coefficient (Wildman–Crippen LogP) is 5.04. The second kappa shape index (κ2) is 11.4. The Morgan fingerprint density at radius 1 is 1.06 bits per heavy atom. The molecule has 188 valence electrons. The van der Waals surface area contributed by atoms with Gasteiger partial charge in [-0.15, -0.1) is 0 Å². The van der Waals surface area contributed by atoms with Gasteiger partial charge >= 0.3 is 6.18 Å². The number of anilines is 2. The quantitative estimate of drug-likeness (QED) is 0.350. The van der Waals surface area contributed by atoms with Crippen molar-refractivity contribution in [3.63, 3.8) is 0 Å². The predicted molar refractivity (Wildman–Crippen MR) is 132 cm³/mol. The number of carbonyl (C=O) groups is 1. The van der Waals surface area contributed by atoms with E-state index in [4.69, 9.17) is 4.74 Å². The van der Waals surface area contributed by atoms with Crippen molar-refractivity contribution in [1.82, 2.24) is 15.0 Å². The van der Waals surface area contributed by atoms with E-state index < -0.39 is 17.6 Å². The van der Waals surface area contributed by atoms with Gasteiger partial charge in [0.05, 0.1) is 36.7 Å². The Bertz CT molecular complexity index is 1270. The molecule has 0 saturated carbocycles. The van der Waals surface area contributed by atoms with Crippen molar-refractivity contribution in [3.05, 3.63) is 77.5 Å². The number of aryl methyl sites for hydroxylation is 1. The van der Waals surface area contributed by atoms with E-state index >= 15 is 0 Å². The second-order valence-corrected chi connectivity index (χ2v) is 7.63. The standard InChI is InChI=1S/C25H25F3N6O2/c1-5-21(23(29-3)36-4)34-24-31-12-18(13-32-24)17-8-6-16(7-9-17)10-22(35)33-19-11-20(25(26,27)28)15(2)30-14-19/h5-9,11-14H,10H2,1-4H3,(H,33,35)(H,31,32,34)/b21-5+,29-23+. The first-order chi connectivity index (χ1) is 17.1. The Labute approximate surface area is 206 Å². The molecule has 36 heavy (non-hydrogen) atoms. The van der Waals surface area contributed by atoms with Gasteiger partial charge in [-0.25, -0.2) is 9.97 Å². The Kier molecular flexibility index (Phi) is 8.36. The fourth-order valence-electron chi connectivity index (χ4n) is 3.33. The minimum absolute atomic E-state index is 0.00991. The fourth-order valence-corrected chi connectivity index (χ4v) is 3.33. The summed E-state index contributed by atoms with van der Waals surface area (Å²) in [6.07, 6.45) is 1.75. The minimum atomic E-state index is -4.54. The van der Waals surface area contributed by atoms with Gasteiger partial charge in [0.1, 0.15) is 0 Å². The Hall–Kier alpha value is -4.28. The molecular weight excluding hydrogens is 473 g/mol. The van der Waals surface area contributed by atoms with E-state index in [9.17, 15) is 18.0 Å². The van der Waals surface area contributed by atoms with Crippen LogP contribution in [0.4, 0.5) is 24.8 Å². The summed E-state index contributed by atoms with van der Waals surface area (Å²) in [5, 5.41) is 5.52. The highest BCUT2D eigenvalue weighted by atomic mass is 19.4. The zero-order valence-corrected chi connectivity index (χ0v) is 20.1. The molecule has 0 aliphatic rings. The number of methoxy groups -OCH3 is 1. The number of hydrogen-bond donors (Lipinski definition) is 2. The number of aromatic nitrogens is 3. The Morgan fingerprint density at radius 2 is 1.72 bits per heavy atom. The van der Waals surface area contributed by atoms with Crippen LogP contribution in [0.15, 0.2) is 65.7 Å². The smallest absolute Gasteiger partial charge is 0.418 e. The molecule has 3 aromatic rings. The van der Waals surface area contributed by atoms with Crippen molar-refractivity contribution < 1.29 is 22.7 Å². The molecule has 0 unspecified atom stereocenters. The van der Waals surface area contributed by atoms with Gasteiger partial charge in [0, 0.05) is 30.7 Å². The van der Waals surface area contributed by atoms with Crippen LogP contribution in [0.2, 0.25) is 0 Å². The van der Waals surface area contributed by atoms with Crippen molar-refractivity contribution in [2.24, 2.45) is 4.99 Å². The van der Waals surface area contributed by atoms with E-state index in [1.54, 1.807) is 37.7 Å². The van der Waals surface area contributed by atoms with Crippen LogP contribution in [0.25, 0.3) is 11.1 Å². The number of halogens is 3. The third-order valence-electron chi connectivity index (χ3n) is 5.14. The molecule has 0 aliphatic heterocycles. The normalized spacial score (nSPS) is 12.3. The summed E-state index contributed by atoms with van der Waals surface area (Å²) in [4.78, 5) is 28.8. The molecule has 11 heteroatoms. The third-order valence-corrected chi connectivity index (χ3v) is 5.14. The lowest BCUT2D eigenvalue weighted by Gasteiger charge is -2.12. The molecule has 1 aromatic carbocycles. The number of carbonyl (C=O) groups excluding carboxylic acids is 1. The highest BCUT2D eigenvalue weighted by Gasteiger charge is 2.33. The highest BCUT2D eigenvalue weighted by Crippen LogP contribution is 2.32. The molecule has 0 saturated heterocycles. The van der Waals surface area contributed by atoms with Crippen molar-refractivity contribution in [1.29, 1.82) is 0 Å². The maximum Gasteiger partial charge on any atom is 0.418 e. The van der Waals surface area contributed by atoms with Gasteiger partial charge in [0.2, 0.25) is 17.8 Å². The van der Waals surface area contributed by atoms with Crippen LogP contribution in [0.1, 0.15) is 23.7 Å². The SMILES string of the molecule is C/C=C(Nc1ncc(-c2ccc(CC(=O)Nc3cnc(C)c(C(F)(F)F)c3)cc2)cn1)\C(=N/C)OC. The van der Waals surface area contributed by atoms with Crippen LogP contribution in [-0.4, -0.2) is 40.9 Å². The number of nitrogens with zero attached hydrogens (tertiary/aromatic N) is 4. The molecule has 0 atom stereocenters. The van der Waals surface area contributed by atoms with E-state index in [1.807, 2.05) is 19.1 Å². The molecular formula is C25H25F3N6O2. The number of ether oxygens (including phenoxy) is 1. The van der Waals surface area contributed by atoms with E-state index in [0.29, 0.717) is 23.1 Å². The second-order valence-electron chi connectivity index (χ2n) is 7.63. The molecule has 0 spiro atoms. The fraction of sp³-hybridized carbons (Fsp3) is 0.240. The summed E-state index contributed by atoms with van der Waals surface area (Å²) in [6, 6.07) is 8.03. The molecule has 2 heterocycles. The number of pyridine rings is 1. The largest absolute Gasteiger partial charge is 0.480 e. The first kappa shape index (κ1) is 26.3. The number of amides is 1. The number of alkyl halides is 3. The van der Waals surface area contributed by atoms with E-state index in [0.717, 1.165) is 17.2 Å². The minimum Gasteiger partial charge on any atom is -0.480 e. The molecule has 8 nitrogen and oxygen atoms in total. The zero-order chi connectivity index (χ0) is 26.3. The lowest BCUT2D eigenvalue weighted by atomic mass is 10.0. The average Bonchev–Trinajstić information content (AvgIpc) is 2.85. The van der Waals surface area contributed by atoms with E-state index in [1.165, 1.54) is 20.2 Å². The number of allylic oxidation sites excluding steroid dienone is 1. The van der Waals surface area contributed by atoms with E-state index in [2.05, 4.69) is 30.6 Å². The molecule has 2 N–H and O–H groups in total. The first-order valence-corrected chi connectivity index (χ1v) is 10.8. The Morgan fingerprint density at radius 3 is 2.28 bits per heavy atom. The number of hydrogen-bond acceptors (Lipinski definition) is 7. The molecule has 1 amide bonds. The topological polar surface area (TPSA) is 101 Å². The van der Waals surface area contributed by atoms with E-state index in [-0.39, 0.29) is 17.8 Å². The molecule has 2 aromatic heterocycles. The van der Waals surface area contributed by atoms with Crippen LogP contribution >= 0.6 is 0 Å². The van der Waals surface area contributed by atoms with Gasteiger partial charge in [0.15, 0.2) is 0 Å². The van der Waals surface area contributed by atoms with Crippen LogP contribution < -0.4 is 10.6 Å². The van der Waals surface area contributed by atoms with Gasteiger partial charge in [-0.3, -0.25) is 14.8 Å². The third kappa shape index (κ3) is 6.65. The number of rotatable bonds is 7. The number of nitrogens with one attached hydrogen (secondary N) is 2. The van der Waals surface area contributed by atoms with Crippen LogP contribution in [-0.2, 0) is 22.1 Å². The van der Waals surface area contributed by atoms with Gasteiger partial charge in [-0.2, -0.15) is 13.2 Å².